The summed E-state index contributed by atoms with van der Waals surface area (Å²) in [4.78, 5) is 41.5. The topological polar surface area (TPSA) is 116 Å². The second-order valence-corrected chi connectivity index (χ2v) is 39.9. The zero-order chi connectivity index (χ0) is 94.8. The molecule has 0 amide bonds. The van der Waals surface area contributed by atoms with Gasteiger partial charge in [0.25, 0.3) is 0 Å². The molecule has 0 saturated heterocycles. The highest BCUT2D eigenvalue weighted by atomic mass is 32.1. The third-order valence-electron chi connectivity index (χ3n) is 27.9. The number of rotatable bonds is 8. The van der Waals surface area contributed by atoms with Crippen molar-refractivity contribution in [2.45, 2.75) is 0 Å². The van der Waals surface area contributed by atoms with E-state index in [2.05, 4.69) is 400 Å². The maximum atomic E-state index is 6.36. The van der Waals surface area contributed by atoms with E-state index in [4.69, 9.17) is 44.3 Å². The first-order valence-electron chi connectivity index (χ1n) is 48.3. The highest BCUT2D eigenvalue weighted by Crippen LogP contribution is 2.47. The van der Waals surface area contributed by atoms with Gasteiger partial charge in [0.1, 0.15) is 11.2 Å². The van der Waals surface area contributed by atoms with Gasteiger partial charge in [0.15, 0.2) is 0 Å². The van der Waals surface area contributed by atoms with Crippen LogP contribution in [0, 0.1) is 0 Å². The van der Waals surface area contributed by atoms with Gasteiger partial charge in [-0.05, 0) is 175 Å². The smallest absolute Gasteiger partial charge is 0.143 e. The average molecular weight is 1890 g/mol. The molecule has 670 valence electrons. The molecule has 0 spiro atoms. The maximum Gasteiger partial charge on any atom is 0.143 e. The van der Waals surface area contributed by atoms with Crippen LogP contribution in [-0.4, -0.2) is 39.9 Å². The van der Waals surface area contributed by atoms with Gasteiger partial charge in [-0.3, -0.25) is 0 Å². The maximum absolute atomic E-state index is 6.36. The molecule has 0 aliphatic rings. The van der Waals surface area contributed by atoms with Crippen LogP contribution in [0.4, 0.5) is 0 Å². The van der Waals surface area contributed by atoms with Crippen LogP contribution in [0.5, 0.6) is 0 Å². The first kappa shape index (κ1) is 83.8. The fraction of sp³-hybridized carbons (Fsp3) is 0. The molecule has 0 aliphatic heterocycles. The third kappa shape index (κ3) is 14.9. The predicted molar refractivity (Wildman–Crippen MR) is 610 cm³/mol. The summed E-state index contributed by atoms with van der Waals surface area (Å²) in [5, 5.41) is 26.7. The first-order chi connectivity index (χ1) is 71.3. The lowest BCUT2D eigenvalue weighted by Crippen LogP contribution is -1.96. The summed E-state index contributed by atoms with van der Waals surface area (Å²) >= 11 is 5.56. The van der Waals surface area contributed by atoms with Crippen molar-refractivity contribution < 1.29 is 4.42 Å². The number of fused-ring (bicyclic) bond motifs is 27. The van der Waals surface area contributed by atoms with Crippen LogP contribution in [0.2, 0.25) is 0 Å². The number of furan rings is 1. The minimum atomic E-state index is 0.866. The molecule has 8 aromatic heterocycles. The molecule has 31 aromatic rings. The Morgan fingerprint density at radius 1 is 0.139 bits per heavy atom. The van der Waals surface area contributed by atoms with E-state index in [-0.39, 0.29) is 0 Å². The third-order valence-corrected chi connectivity index (χ3v) is 31.3. The number of thiophene rings is 3. The highest BCUT2D eigenvalue weighted by Gasteiger charge is 2.24. The van der Waals surface area contributed by atoms with Crippen LogP contribution < -0.4 is 0 Å². The lowest BCUT2D eigenvalue weighted by molar-refractivity contribution is 0.672. The summed E-state index contributed by atoms with van der Waals surface area (Å²) in [5.74, 6) is 0. The van der Waals surface area contributed by atoms with E-state index in [0.717, 1.165) is 188 Å². The summed E-state index contributed by atoms with van der Waals surface area (Å²) in [7, 11) is 0. The van der Waals surface area contributed by atoms with E-state index in [1.807, 2.05) is 107 Å². The molecule has 31 rings (SSSR count). The standard InChI is InChI=1S/C34H20N2O.2C34H20N2S.C30H18N2S/c1-2-9-23(10-3-1)31-32(36-33-25-11-5-4-8-21(25)17-19-29(33)35-31)24-15-14-22-16-18-27-26-12-6-7-13-30(26)37-34(27)28(22)20-24;1-2-9-22(10-3-1)32-33(35-29-17-16-21-8-4-5-11-26(21)34(29)36-32)24-15-14-23-19-28-27-12-6-7-13-30(27)37-31(28)20-25(23)18-24;1-2-9-22(10-3-1)32-33(36-34-26-11-5-4-8-21(26)16-17-29(34)35-32)24-15-14-23-19-28-27-12-6-7-13-30(27)37-31(28)20-25(23)18-24;1-2-8-19(9-3-1)29-30(32-26-12-6-5-11-25(26)31-29)21-15-14-20-17-24-23-10-4-7-13-27(23)33-28(24)18-22(20)16-21/h3*1-20H;1-18H. The number of benzene rings is 23. The Kier molecular flexibility index (Phi) is 20.3. The highest BCUT2D eigenvalue weighted by molar-refractivity contribution is 7.26. The molecule has 0 aliphatic carbocycles. The second kappa shape index (κ2) is 34.9. The number of para-hydroxylation sites is 3. The van der Waals surface area contributed by atoms with Crippen LogP contribution in [0.1, 0.15) is 0 Å². The van der Waals surface area contributed by atoms with Gasteiger partial charge in [-0.1, -0.05) is 352 Å². The summed E-state index contributed by atoms with van der Waals surface area (Å²) < 4.78 is 14.3. The zero-order valence-electron chi connectivity index (χ0n) is 77.2. The van der Waals surface area contributed by atoms with Crippen molar-refractivity contribution in [2.75, 3.05) is 0 Å². The van der Waals surface area contributed by atoms with Gasteiger partial charge in [-0.25, -0.2) is 39.9 Å². The molecule has 144 heavy (non-hydrogen) atoms. The van der Waals surface area contributed by atoms with Gasteiger partial charge in [-0.2, -0.15) is 0 Å². The van der Waals surface area contributed by atoms with Gasteiger partial charge >= 0.3 is 0 Å². The van der Waals surface area contributed by atoms with Gasteiger partial charge < -0.3 is 4.42 Å². The van der Waals surface area contributed by atoms with Crippen molar-refractivity contribution in [3.05, 3.63) is 473 Å². The van der Waals surface area contributed by atoms with Gasteiger partial charge in [0.05, 0.1) is 89.7 Å². The summed E-state index contributed by atoms with van der Waals surface area (Å²) in [5.41, 5.74) is 24.8. The molecular weight excluding hydrogens is 1810 g/mol. The van der Waals surface area contributed by atoms with Crippen molar-refractivity contribution in [1.29, 1.82) is 0 Å². The normalized spacial score (nSPS) is 11.8. The van der Waals surface area contributed by atoms with Crippen molar-refractivity contribution in [1.82, 2.24) is 39.9 Å². The van der Waals surface area contributed by atoms with Crippen molar-refractivity contribution in [2.24, 2.45) is 0 Å². The van der Waals surface area contributed by atoms with E-state index >= 15 is 0 Å². The van der Waals surface area contributed by atoms with Gasteiger partial charge in [0.2, 0.25) is 0 Å². The van der Waals surface area contributed by atoms with Crippen LogP contribution in [0.25, 0.3) is 292 Å². The van der Waals surface area contributed by atoms with E-state index in [9.17, 15) is 0 Å². The molecule has 0 saturated carbocycles. The van der Waals surface area contributed by atoms with E-state index in [1.165, 1.54) is 104 Å². The molecule has 0 radical (unpaired) electrons. The molecule has 23 aromatic carbocycles. The molecular formula is C132H78N8OS3. The van der Waals surface area contributed by atoms with E-state index in [1.54, 1.807) is 0 Å². The largest absolute Gasteiger partial charge is 0.455 e. The summed E-state index contributed by atoms with van der Waals surface area (Å²) in [6.07, 6.45) is 0. The van der Waals surface area contributed by atoms with Crippen molar-refractivity contribution in [3.63, 3.8) is 0 Å². The van der Waals surface area contributed by atoms with Crippen LogP contribution in [0.3, 0.4) is 0 Å². The SMILES string of the molecule is c1ccc(-c2nc3c(ccc4ccccc43)nc2-c2ccc3cc4c(cc3c2)sc2ccccc24)cc1.c1ccc(-c2nc3ccc4ccccc4c3nc2-c2ccc3cc4c(cc3c2)sc2ccccc24)cc1.c1ccc(-c2nc3ccc4ccccc4c3nc2-c2ccc3ccc4c5ccccc5oc4c3c2)cc1.c1ccc(-c2nc3ccccc3nc2-c2ccc3cc4c(cc3c2)sc2ccccc24)cc1. The van der Waals surface area contributed by atoms with Crippen molar-refractivity contribution >= 4 is 236 Å². The Morgan fingerprint density at radius 3 is 0.792 bits per heavy atom. The fourth-order valence-corrected chi connectivity index (χ4v) is 24.3. The lowest BCUT2D eigenvalue weighted by Gasteiger charge is -2.13. The minimum absolute atomic E-state index is 0.866. The molecule has 0 N–H and O–H groups in total. The lowest BCUT2D eigenvalue weighted by atomic mass is 9.98. The quantitative estimate of drug-likeness (QED) is 0.137. The minimum Gasteiger partial charge on any atom is -0.455 e. The summed E-state index contributed by atoms with van der Waals surface area (Å²) in [6, 6.07) is 166. The van der Waals surface area contributed by atoms with E-state index in [0.29, 0.717) is 0 Å². The molecule has 12 heteroatoms. The second-order valence-electron chi connectivity index (χ2n) is 36.6. The number of aromatic nitrogens is 8. The van der Waals surface area contributed by atoms with Gasteiger partial charge in [0, 0.05) is 137 Å². The predicted octanol–water partition coefficient (Wildman–Crippen LogP) is 36.9. The Bertz CT molecular complexity index is 10700. The average Bonchev–Trinajstić information content (AvgIpc) is 1.40. The number of hydrogen-bond acceptors (Lipinski definition) is 12. The fourth-order valence-electron chi connectivity index (χ4n) is 20.9. The molecule has 0 fully saturated rings. The molecule has 0 atom stereocenters. The number of nitrogens with zero attached hydrogens (tertiary/aromatic N) is 8. The van der Waals surface area contributed by atoms with Crippen molar-refractivity contribution in [3.8, 4) is 90.1 Å². The number of hydrogen-bond donors (Lipinski definition) is 0. The Labute approximate surface area is 837 Å². The Hall–Kier alpha value is -18.3. The summed E-state index contributed by atoms with van der Waals surface area (Å²) in [6.45, 7) is 0. The van der Waals surface area contributed by atoms with Crippen LogP contribution in [-0.2, 0) is 0 Å². The van der Waals surface area contributed by atoms with Crippen LogP contribution in [0.15, 0.2) is 478 Å². The van der Waals surface area contributed by atoms with E-state index < -0.39 is 0 Å². The first-order valence-corrected chi connectivity index (χ1v) is 50.7. The molecule has 8 heterocycles. The van der Waals surface area contributed by atoms with Crippen LogP contribution >= 0.6 is 34.0 Å². The van der Waals surface area contributed by atoms with Gasteiger partial charge in [-0.15, -0.1) is 34.0 Å². The monoisotopic (exact) mass is 1890 g/mol. The molecule has 9 nitrogen and oxygen atoms in total. The molecule has 0 bridgehead atoms. The molecule has 0 unspecified atom stereocenters. The Morgan fingerprint density at radius 2 is 0.410 bits per heavy atom. The Balaban J connectivity index is 0.0000000935. The zero-order valence-corrected chi connectivity index (χ0v) is 79.7.